The zero-order chi connectivity index (χ0) is 18.2. The van der Waals surface area contributed by atoms with Crippen LogP contribution in [0.4, 0.5) is 5.82 Å². The minimum atomic E-state index is -0.629. The first-order valence-corrected chi connectivity index (χ1v) is 8.78. The molecule has 2 aromatic heterocycles. The maximum atomic E-state index is 10.3. The Morgan fingerprint density at radius 3 is 2.72 bits per heavy atom. The van der Waals surface area contributed by atoms with Gasteiger partial charge in [-0.25, -0.2) is 15.0 Å². The van der Waals surface area contributed by atoms with E-state index < -0.39 is 6.23 Å². The molecule has 1 unspecified atom stereocenters. The summed E-state index contributed by atoms with van der Waals surface area (Å²) in [7, 11) is 3.90. The highest BCUT2D eigenvalue weighted by molar-refractivity contribution is 5.58. The molecule has 1 aliphatic carbocycles. The Morgan fingerprint density at radius 1 is 1.32 bits per heavy atom. The van der Waals surface area contributed by atoms with E-state index >= 15 is 0 Å². The Hall–Kier alpha value is -1.99. The molecule has 0 aromatic carbocycles. The zero-order valence-corrected chi connectivity index (χ0v) is 15.7. The lowest BCUT2D eigenvalue weighted by atomic mass is 10.1. The summed E-state index contributed by atoms with van der Waals surface area (Å²) in [5, 5.41) is 13.5. The number of anilines is 1. The summed E-state index contributed by atoms with van der Waals surface area (Å²) in [5.74, 6) is 1.55. The SMILES string of the molecule is CN(CC(O)NC(C)(C)C)c1nc(-c2cn(C)cn2)nc2c1CCC2. The van der Waals surface area contributed by atoms with Crippen LogP contribution in [0, 0.1) is 0 Å². The lowest BCUT2D eigenvalue weighted by molar-refractivity contribution is 0.112. The number of hydrogen-bond acceptors (Lipinski definition) is 6. The molecule has 1 atom stereocenters. The second-order valence-electron chi connectivity index (χ2n) is 7.86. The maximum absolute atomic E-state index is 10.3. The van der Waals surface area contributed by atoms with Crippen LogP contribution in [0.3, 0.4) is 0 Å². The van der Waals surface area contributed by atoms with Crippen LogP contribution in [0.15, 0.2) is 12.5 Å². The van der Waals surface area contributed by atoms with Gasteiger partial charge < -0.3 is 14.6 Å². The van der Waals surface area contributed by atoms with Gasteiger partial charge in [-0.2, -0.15) is 0 Å². The van der Waals surface area contributed by atoms with E-state index in [9.17, 15) is 5.11 Å². The molecule has 25 heavy (non-hydrogen) atoms. The van der Waals surface area contributed by atoms with Gasteiger partial charge in [-0.05, 0) is 40.0 Å². The smallest absolute Gasteiger partial charge is 0.182 e. The van der Waals surface area contributed by atoms with Gasteiger partial charge in [-0.3, -0.25) is 5.32 Å². The van der Waals surface area contributed by atoms with Gasteiger partial charge >= 0.3 is 0 Å². The number of nitrogens with zero attached hydrogens (tertiary/aromatic N) is 5. The average molecular weight is 344 g/mol. The molecule has 7 heteroatoms. The number of nitrogens with one attached hydrogen (secondary N) is 1. The number of imidazole rings is 1. The number of aliphatic hydroxyl groups excluding tert-OH is 1. The minimum absolute atomic E-state index is 0.146. The van der Waals surface area contributed by atoms with Crippen molar-refractivity contribution in [3.05, 3.63) is 23.8 Å². The Balaban J connectivity index is 1.88. The van der Waals surface area contributed by atoms with Crippen LogP contribution in [0.25, 0.3) is 11.5 Å². The summed E-state index contributed by atoms with van der Waals surface area (Å²) in [6, 6.07) is 0. The molecule has 0 fully saturated rings. The highest BCUT2D eigenvalue weighted by Gasteiger charge is 2.24. The predicted octanol–water partition coefficient (Wildman–Crippen LogP) is 1.51. The van der Waals surface area contributed by atoms with Crippen molar-refractivity contribution in [2.24, 2.45) is 7.05 Å². The maximum Gasteiger partial charge on any atom is 0.182 e. The van der Waals surface area contributed by atoms with Crippen molar-refractivity contribution in [2.75, 3.05) is 18.5 Å². The molecule has 136 valence electrons. The van der Waals surface area contributed by atoms with Crippen LogP contribution in [-0.2, 0) is 19.9 Å². The number of likely N-dealkylation sites (N-methyl/N-ethyl adjacent to an activating group) is 1. The van der Waals surface area contributed by atoms with E-state index in [0.29, 0.717) is 12.4 Å². The quantitative estimate of drug-likeness (QED) is 0.801. The van der Waals surface area contributed by atoms with Gasteiger partial charge in [-0.1, -0.05) is 0 Å². The van der Waals surface area contributed by atoms with E-state index in [0.717, 1.165) is 36.5 Å². The van der Waals surface area contributed by atoms with E-state index in [1.54, 1.807) is 6.33 Å². The summed E-state index contributed by atoms with van der Waals surface area (Å²) in [6.45, 7) is 6.58. The Labute approximate surface area is 149 Å². The third-order valence-electron chi connectivity index (χ3n) is 4.25. The number of hydrogen-bond donors (Lipinski definition) is 2. The van der Waals surface area contributed by atoms with E-state index in [1.807, 2.05) is 50.5 Å². The number of fused-ring (bicyclic) bond motifs is 1. The van der Waals surface area contributed by atoms with Gasteiger partial charge in [0.05, 0.1) is 12.9 Å². The van der Waals surface area contributed by atoms with Crippen molar-refractivity contribution in [3.8, 4) is 11.5 Å². The van der Waals surface area contributed by atoms with E-state index in [1.165, 1.54) is 5.56 Å². The lowest BCUT2D eigenvalue weighted by Gasteiger charge is -2.29. The third kappa shape index (κ3) is 4.16. The highest BCUT2D eigenvalue weighted by Crippen LogP contribution is 2.30. The van der Waals surface area contributed by atoms with Crippen molar-refractivity contribution in [2.45, 2.75) is 51.8 Å². The first-order valence-electron chi connectivity index (χ1n) is 8.78. The first-order chi connectivity index (χ1) is 11.7. The largest absolute Gasteiger partial charge is 0.377 e. The van der Waals surface area contributed by atoms with Crippen LogP contribution in [0.1, 0.15) is 38.4 Å². The predicted molar refractivity (Wildman–Crippen MR) is 98.4 cm³/mol. The molecule has 0 amide bonds. The molecule has 0 bridgehead atoms. The van der Waals surface area contributed by atoms with Crippen molar-refractivity contribution >= 4 is 5.82 Å². The van der Waals surface area contributed by atoms with E-state index in [-0.39, 0.29) is 5.54 Å². The van der Waals surface area contributed by atoms with Crippen LogP contribution >= 0.6 is 0 Å². The van der Waals surface area contributed by atoms with Gasteiger partial charge in [0.1, 0.15) is 17.7 Å². The summed E-state index contributed by atoms with van der Waals surface area (Å²) in [6.07, 6.45) is 6.11. The fourth-order valence-electron chi connectivity index (χ4n) is 3.26. The number of aryl methyl sites for hydroxylation is 2. The second-order valence-corrected chi connectivity index (χ2v) is 7.86. The number of rotatable bonds is 5. The van der Waals surface area contributed by atoms with Crippen molar-refractivity contribution < 1.29 is 5.11 Å². The normalized spacial score (nSPS) is 15.3. The molecular weight excluding hydrogens is 316 g/mol. The summed E-state index contributed by atoms with van der Waals surface area (Å²) in [5.41, 5.74) is 2.94. The van der Waals surface area contributed by atoms with Crippen LogP contribution in [0.5, 0.6) is 0 Å². The molecule has 2 N–H and O–H groups in total. The van der Waals surface area contributed by atoms with Gasteiger partial charge in [0.25, 0.3) is 0 Å². The average Bonchev–Trinajstić information content (AvgIpc) is 3.12. The molecule has 1 aliphatic rings. The van der Waals surface area contributed by atoms with Crippen molar-refractivity contribution in [1.29, 1.82) is 0 Å². The molecule has 3 rings (SSSR count). The van der Waals surface area contributed by atoms with Crippen molar-refractivity contribution in [3.63, 3.8) is 0 Å². The molecule has 0 spiro atoms. The monoisotopic (exact) mass is 344 g/mol. The Morgan fingerprint density at radius 2 is 2.08 bits per heavy atom. The van der Waals surface area contributed by atoms with Gasteiger partial charge in [0.15, 0.2) is 5.82 Å². The molecule has 7 nitrogen and oxygen atoms in total. The third-order valence-corrected chi connectivity index (χ3v) is 4.25. The Bertz CT molecular complexity index is 749. The molecule has 2 aromatic rings. The first kappa shape index (κ1) is 17.8. The summed E-state index contributed by atoms with van der Waals surface area (Å²) >= 11 is 0. The van der Waals surface area contributed by atoms with Crippen LogP contribution in [-0.4, -0.2) is 50.0 Å². The molecule has 0 radical (unpaired) electrons. The molecule has 0 saturated heterocycles. The van der Waals surface area contributed by atoms with Gasteiger partial charge in [0.2, 0.25) is 0 Å². The highest BCUT2D eigenvalue weighted by atomic mass is 16.3. The molecule has 2 heterocycles. The zero-order valence-electron chi connectivity index (χ0n) is 15.7. The standard InChI is InChI=1S/C18H28N6O/c1-18(2,3)22-15(25)10-24(5)17-12-7-6-8-13(12)20-16(21-17)14-9-23(4)11-19-14/h9,11,15,22,25H,6-8,10H2,1-5H3. The molecule has 0 aliphatic heterocycles. The number of aromatic nitrogens is 4. The second kappa shape index (κ2) is 6.72. The van der Waals surface area contributed by atoms with E-state index in [2.05, 4.69) is 10.3 Å². The Kier molecular flexibility index (Phi) is 4.79. The van der Waals surface area contributed by atoms with Crippen molar-refractivity contribution in [1.82, 2.24) is 24.8 Å². The van der Waals surface area contributed by atoms with Crippen LogP contribution in [0.2, 0.25) is 0 Å². The fraction of sp³-hybridized carbons (Fsp3) is 0.611. The summed E-state index contributed by atoms with van der Waals surface area (Å²) in [4.78, 5) is 15.9. The molecule has 0 saturated carbocycles. The van der Waals surface area contributed by atoms with E-state index in [4.69, 9.17) is 9.97 Å². The molecular formula is C18H28N6O. The van der Waals surface area contributed by atoms with Gasteiger partial charge in [-0.15, -0.1) is 0 Å². The topological polar surface area (TPSA) is 79.1 Å². The fourth-order valence-corrected chi connectivity index (χ4v) is 3.26. The summed E-state index contributed by atoms with van der Waals surface area (Å²) < 4.78 is 1.90. The number of aliphatic hydroxyl groups is 1. The van der Waals surface area contributed by atoms with Crippen LogP contribution < -0.4 is 10.2 Å². The lowest BCUT2D eigenvalue weighted by Crippen LogP contribution is -2.48. The van der Waals surface area contributed by atoms with Gasteiger partial charge in [0, 0.05) is 37.1 Å². The minimum Gasteiger partial charge on any atom is -0.377 e.